The van der Waals surface area contributed by atoms with Crippen LogP contribution in [-0.4, -0.2) is 34.4 Å². The fraction of sp³-hybridized carbons (Fsp3) is 0.571. The second-order valence-electron chi connectivity index (χ2n) is 9.35. The minimum absolute atomic E-state index is 0. The summed E-state index contributed by atoms with van der Waals surface area (Å²) in [5, 5.41) is 1.17. The number of amides is 1. The average molecular weight is 376 g/mol. The SMILES string of the molecule is CC1(C)CC2CC(C)(CN2C(=O)[C@@H](N)Cc2c[nH]c3ccccc23)C1.Cl. The summed E-state index contributed by atoms with van der Waals surface area (Å²) in [5.74, 6) is 0.122. The monoisotopic (exact) mass is 375 g/mol. The highest BCUT2D eigenvalue weighted by molar-refractivity contribution is 5.86. The summed E-state index contributed by atoms with van der Waals surface area (Å²) in [6.07, 6.45) is 5.99. The van der Waals surface area contributed by atoms with E-state index >= 15 is 0 Å². The van der Waals surface area contributed by atoms with Crippen LogP contribution in [-0.2, 0) is 11.2 Å². The van der Waals surface area contributed by atoms with Crippen molar-refractivity contribution < 1.29 is 4.79 Å². The third-order valence-corrected chi connectivity index (χ3v) is 6.13. The number of likely N-dealkylation sites (tertiary alicyclic amines) is 1. The van der Waals surface area contributed by atoms with Crippen molar-refractivity contribution in [1.82, 2.24) is 9.88 Å². The van der Waals surface area contributed by atoms with Crippen LogP contribution < -0.4 is 5.73 Å². The van der Waals surface area contributed by atoms with Crippen molar-refractivity contribution in [1.29, 1.82) is 0 Å². The summed E-state index contributed by atoms with van der Waals surface area (Å²) in [5.41, 5.74) is 9.16. The molecule has 3 N–H and O–H groups in total. The number of fused-ring (bicyclic) bond motifs is 3. The minimum atomic E-state index is -0.467. The van der Waals surface area contributed by atoms with Crippen molar-refractivity contribution in [2.45, 2.75) is 58.5 Å². The van der Waals surface area contributed by atoms with Crippen molar-refractivity contribution >= 4 is 29.2 Å². The molecule has 2 aromatic rings. The van der Waals surface area contributed by atoms with Gasteiger partial charge in [0.25, 0.3) is 0 Å². The van der Waals surface area contributed by atoms with Crippen LogP contribution in [0.1, 0.15) is 45.6 Å². The van der Waals surface area contributed by atoms with Crippen molar-refractivity contribution in [2.24, 2.45) is 16.6 Å². The first-order valence-corrected chi connectivity index (χ1v) is 9.37. The molecule has 142 valence electrons. The van der Waals surface area contributed by atoms with E-state index in [1.54, 1.807) is 0 Å². The Bertz CT molecular complexity index is 814. The number of carbonyl (C=O) groups is 1. The van der Waals surface area contributed by atoms with Crippen molar-refractivity contribution in [2.75, 3.05) is 6.54 Å². The van der Waals surface area contributed by atoms with E-state index in [0.29, 0.717) is 17.9 Å². The largest absolute Gasteiger partial charge is 0.361 e. The van der Waals surface area contributed by atoms with Gasteiger partial charge in [-0.3, -0.25) is 4.79 Å². The molecule has 1 saturated carbocycles. The van der Waals surface area contributed by atoms with Crippen LogP contribution in [0.25, 0.3) is 10.9 Å². The van der Waals surface area contributed by atoms with E-state index in [2.05, 4.69) is 42.8 Å². The maximum absolute atomic E-state index is 13.1. The van der Waals surface area contributed by atoms with E-state index in [1.807, 2.05) is 18.3 Å². The van der Waals surface area contributed by atoms with Crippen molar-refractivity contribution in [3.63, 3.8) is 0 Å². The average Bonchev–Trinajstić information content (AvgIpc) is 3.04. The van der Waals surface area contributed by atoms with Crippen LogP contribution in [0.3, 0.4) is 0 Å². The standard InChI is InChI=1S/C21H29N3O.ClH/c1-20(2)9-15-10-21(3,12-20)13-24(15)19(25)17(22)8-14-11-23-18-7-5-4-6-16(14)18;/h4-7,11,15,17,23H,8-10,12-13,22H2,1-3H3;1H/t15?,17-,21?;/m0./s1. The zero-order chi connectivity index (χ0) is 17.8. The number of para-hydroxylation sites is 1. The first-order chi connectivity index (χ1) is 11.8. The second-order valence-corrected chi connectivity index (χ2v) is 9.35. The van der Waals surface area contributed by atoms with Gasteiger partial charge in [-0.15, -0.1) is 12.4 Å². The molecular formula is C21H30ClN3O. The third kappa shape index (κ3) is 3.37. The molecule has 0 radical (unpaired) electrons. The molecule has 2 aliphatic rings. The van der Waals surface area contributed by atoms with Crippen LogP contribution in [0.5, 0.6) is 0 Å². The van der Waals surface area contributed by atoms with Gasteiger partial charge in [-0.1, -0.05) is 39.0 Å². The van der Waals surface area contributed by atoms with Gasteiger partial charge in [0.15, 0.2) is 0 Å². The summed E-state index contributed by atoms with van der Waals surface area (Å²) in [7, 11) is 0. The Morgan fingerprint density at radius 3 is 2.81 bits per heavy atom. The minimum Gasteiger partial charge on any atom is -0.361 e. The van der Waals surface area contributed by atoms with Crippen LogP contribution in [0.15, 0.2) is 30.5 Å². The lowest BCUT2D eigenvalue weighted by Gasteiger charge is -2.39. The molecule has 2 unspecified atom stereocenters. The fourth-order valence-electron chi connectivity index (χ4n) is 5.56. The molecule has 26 heavy (non-hydrogen) atoms. The Hall–Kier alpha value is -1.52. The molecule has 1 aromatic heterocycles. The number of nitrogens with one attached hydrogen (secondary N) is 1. The lowest BCUT2D eigenvalue weighted by molar-refractivity contribution is -0.133. The van der Waals surface area contributed by atoms with Gasteiger partial charge >= 0.3 is 0 Å². The first-order valence-electron chi connectivity index (χ1n) is 9.37. The maximum atomic E-state index is 13.1. The number of aromatic amines is 1. The number of nitrogens with zero attached hydrogens (tertiary/aromatic N) is 1. The Morgan fingerprint density at radius 2 is 2.04 bits per heavy atom. The van der Waals surface area contributed by atoms with Gasteiger partial charge in [-0.25, -0.2) is 0 Å². The highest BCUT2D eigenvalue weighted by atomic mass is 35.5. The number of carbonyl (C=O) groups excluding carboxylic acids is 1. The van der Waals surface area contributed by atoms with Crippen LogP contribution in [0.4, 0.5) is 0 Å². The molecule has 2 fully saturated rings. The Labute approximate surface area is 161 Å². The van der Waals surface area contributed by atoms with Gasteiger partial charge in [0.05, 0.1) is 6.04 Å². The van der Waals surface area contributed by atoms with Gasteiger partial charge in [0.1, 0.15) is 0 Å². The highest BCUT2D eigenvalue weighted by Gasteiger charge is 2.51. The van der Waals surface area contributed by atoms with Crippen molar-refractivity contribution in [3.05, 3.63) is 36.0 Å². The van der Waals surface area contributed by atoms with Crippen molar-refractivity contribution in [3.8, 4) is 0 Å². The molecule has 2 heterocycles. The third-order valence-electron chi connectivity index (χ3n) is 6.13. The van der Waals surface area contributed by atoms with Gasteiger partial charge in [0, 0.05) is 29.7 Å². The summed E-state index contributed by atoms with van der Waals surface area (Å²) in [6, 6.07) is 8.07. The first kappa shape index (κ1) is 19.2. The lowest BCUT2D eigenvalue weighted by atomic mass is 9.65. The predicted octanol–water partition coefficient (Wildman–Crippen LogP) is 3.89. The molecule has 1 saturated heterocycles. The van der Waals surface area contributed by atoms with E-state index in [0.717, 1.165) is 30.5 Å². The predicted molar refractivity (Wildman–Crippen MR) is 108 cm³/mol. The summed E-state index contributed by atoms with van der Waals surface area (Å²) in [4.78, 5) is 18.5. The summed E-state index contributed by atoms with van der Waals surface area (Å²) in [6.45, 7) is 7.86. The Kier molecular flexibility index (Phi) is 4.87. The number of hydrogen-bond acceptors (Lipinski definition) is 2. The van der Waals surface area contributed by atoms with Crippen LogP contribution in [0.2, 0.25) is 0 Å². The van der Waals surface area contributed by atoms with Gasteiger partial charge in [-0.2, -0.15) is 0 Å². The second kappa shape index (κ2) is 6.58. The molecular weight excluding hydrogens is 346 g/mol. The van der Waals surface area contributed by atoms with E-state index in [4.69, 9.17) is 5.73 Å². The fourth-order valence-corrected chi connectivity index (χ4v) is 5.56. The lowest BCUT2D eigenvalue weighted by Crippen LogP contribution is -2.47. The Balaban J connectivity index is 0.00000196. The molecule has 1 aliphatic heterocycles. The quantitative estimate of drug-likeness (QED) is 0.854. The number of rotatable bonds is 3. The molecule has 4 nitrogen and oxygen atoms in total. The van der Waals surface area contributed by atoms with E-state index in [9.17, 15) is 4.79 Å². The molecule has 3 atom stereocenters. The number of aromatic nitrogens is 1. The molecule has 0 spiro atoms. The van der Waals surface area contributed by atoms with Crippen LogP contribution >= 0.6 is 12.4 Å². The van der Waals surface area contributed by atoms with Gasteiger partial charge in [0.2, 0.25) is 5.91 Å². The zero-order valence-corrected chi connectivity index (χ0v) is 16.7. The number of benzene rings is 1. The summed E-state index contributed by atoms with van der Waals surface area (Å²) < 4.78 is 0. The number of H-pyrrole nitrogens is 1. The smallest absolute Gasteiger partial charge is 0.240 e. The van der Waals surface area contributed by atoms with Crippen LogP contribution in [0, 0.1) is 10.8 Å². The molecule has 1 amide bonds. The molecule has 1 aromatic carbocycles. The van der Waals surface area contributed by atoms with E-state index in [-0.39, 0.29) is 23.7 Å². The number of nitrogens with two attached hydrogens (primary N) is 1. The molecule has 4 rings (SSSR count). The molecule has 5 heteroatoms. The molecule has 2 bridgehead atoms. The zero-order valence-electron chi connectivity index (χ0n) is 15.9. The molecule has 1 aliphatic carbocycles. The van der Waals surface area contributed by atoms with Gasteiger partial charge < -0.3 is 15.6 Å². The maximum Gasteiger partial charge on any atom is 0.240 e. The topological polar surface area (TPSA) is 62.1 Å². The summed E-state index contributed by atoms with van der Waals surface area (Å²) >= 11 is 0. The van der Waals surface area contributed by atoms with E-state index < -0.39 is 6.04 Å². The number of hydrogen-bond donors (Lipinski definition) is 2. The Morgan fingerprint density at radius 1 is 1.31 bits per heavy atom. The highest BCUT2D eigenvalue weighted by Crippen LogP contribution is 2.52. The normalized spacial score (nSPS) is 28.0. The van der Waals surface area contributed by atoms with E-state index in [1.165, 1.54) is 11.8 Å². The number of halogens is 1. The van der Waals surface area contributed by atoms with Gasteiger partial charge in [-0.05, 0) is 48.1 Å².